The molecule has 2 amide bonds. The maximum atomic E-state index is 12.8. The summed E-state index contributed by atoms with van der Waals surface area (Å²) in [6.07, 6.45) is 5.25. The zero-order valence-corrected chi connectivity index (χ0v) is 17.1. The molecule has 0 unspecified atom stereocenters. The number of furan rings is 1. The minimum absolute atomic E-state index is 0.0260. The Morgan fingerprint density at radius 3 is 2.68 bits per heavy atom. The van der Waals surface area contributed by atoms with Gasteiger partial charge in [-0.1, -0.05) is 36.4 Å². The number of aryl methyl sites for hydroxylation is 1. The van der Waals surface area contributed by atoms with E-state index in [4.69, 9.17) is 4.42 Å². The molecule has 160 valence electrons. The van der Waals surface area contributed by atoms with E-state index in [0.717, 1.165) is 11.1 Å². The Balaban J connectivity index is 1.49. The number of amides is 2. The first-order valence-corrected chi connectivity index (χ1v) is 10.3. The first-order valence-electron chi connectivity index (χ1n) is 10.3. The molecule has 1 aromatic carbocycles. The van der Waals surface area contributed by atoms with Crippen LogP contribution in [0.5, 0.6) is 0 Å². The van der Waals surface area contributed by atoms with Crippen LogP contribution in [0.2, 0.25) is 0 Å². The van der Waals surface area contributed by atoms with E-state index in [1.165, 1.54) is 6.26 Å². The maximum Gasteiger partial charge on any atom is 0.287 e. The molecule has 31 heavy (non-hydrogen) atoms. The number of carbonyl (C=O) groups is 2. The molecule has 7 heteroatoms. The molecule has 1 fully saturated rings. The molecular weight excluding hydrogens is 394 g/mol. The highest BCUT2D eigenvalue weighted by Gasteiger charge is 2.46. The second-order valence-electron chi connectivity index (χ2n) is 7.74. The van der Waals surface area contributed by atoms with Crippen molar-refractivity contribution >= 4 is 11.8 Å². The number of aliphatic hydroxyl groups is 1. The Kier molecular flexibility index (Phi) is 6.13. The summed E-state index contributed by atoms with van der Waals surface area (Å²) in [7, 11) is 0. The smallest absolute Gasteiger partial charge is 0.287 e. The van der Waals surface area contributed by atoms with E-state index in [-0.39, 0.29) is 18.2 Å². The van der Waals surface area contributed by atoms with Crippen molar-refractivity contribution < 1.29 is 19.1 Å². The van der Waals surface area contributed by atoms with Crippen molar-refractivity contribution in [3.8, 4) is 0 Å². The molecule has 0 radical (unpaired) electrons. The van der Waals surface area contributed by atoms with Crippen LogP contribution in [-0.2, 0) is 16.8 Å². The number of hydrogen-bond donors (Lipinski definition) is 2. The van der Waals surface area contributed by atoms with Gasteiger partial charge in [0, 0.05) is 31.9 Å². The summed E-state index contributed by atoms with van der Waals surface area (Å²) < 4.78 is 5.22. The van der Waals surface area contributed by atoms with Gasteiger partial charge < -0.3 is 19.7 Å². The summed E-state index contributed by atoms with van der Waals surface area (Å²) in [5.74, 6) is -0.247. The highest BCUT2D eigenvalue weighted by molar-refractivity contribution is 5.92. The molecule has 2 aromatic heterocycles. The van der Waals surface area contributed by atoms with E-state index in [0.29, 0.717) is 25.8 Å². The quantitative estimate of drug-likeness (QED) is 0.640. The van der Waals surface area contributed by atoms with Gasteiger partial charge in [-0.05, 0) is 42.2 Å². The van der Waals surface area contributed by atoms with Crippen LogP contribution in [-0.4, -0.2) is 46.0 Å². The van der Waals surface area contributed by atoms with E-state index in [1.807, 2.05) is 42.5 Å². The average molecular weight is 419 g/mol. The van der Waals surface area contributed by atoms with Crippen molar-refractivity contribution in [2.75, 3.05) is 13.1 Å². The number of likely N-dealkylation sites (tertiary alicyclic amines) is 1. The summed E-state index contributed by atoms with van der Waals surface area (Å²) in [6, 6.07) is 16.4. The number of nitrogens with one attached hydrogen (secondary N) is 1. The third-order valence-electron chi connectivity index (χ3n) is 5.81. The van der Waals surface area contributed by atoms with Crippen LogP contribution in [0.15, 0.2) is 77.7 Å². The normalized spacial score (nSPS) is 20.9. The van der Waals surface area contributed by atoms with E-state index < -0.39 is 17.6 Å². The molecule has 2 atom stereocenters. The van der Waals surface area contributed by atoms with E-state index >= 15 is 0 Å². The van der Waals surface area contributed by atoms with Crippen molar-refractivity contribution in [2.45, 2.75) is 30.9 Å². The van der Waals surface area contributed by atoms with Gasteiger partial charge in [-0.25, -0.2) is 0 Å². The lowest BCUT2D eigenvalue weighted by Gasteiger charge is -2.46. The number of benzene rings is 1. The Labute approximate surface area is 180 Å². The summed E-state index contributed by atoms with van der Waals surface area (Å²) in [5, 5.41) is 14.2. The molecule has 1 saturated heterocycles. The lowest BCUT2D eigenvalue weighted by molar-refractivity contribution is -0.136. The molecule has 3 aromatic rings. The average Bonchev–Trinajstić information content (AvgIpc) is 3.35. The van der Waals surface area contributed by atoms with Gasteiger partial charge in [-0.15, -0.1) is 0 Å². The maximum absolute atomic E-state index is 12.8. The van der Waals surface area contributed by atoms with Crippen LogP contribution >= 0.6 is 0 Å². The number of β-amino-alcohol motifs (C(OH)–C–C–N with tert-alkyl or cyclic N) is 1. The topological polar surface area (TPSA) is 95.7 Å². The van der Waals surface area contributed by atoms with E-state index in [9.17, 15) is 14.7 Å². The number of aliphatic hydroxyl groups excluding tert-OH is 1. The van der Waals surface area contributed by atoms with Gasteiger partial charge in [0.1, 0.15) is 0 Å². The van der Waals surface area contributed by atoms with Crippen LogP contribution in [0.3, 0.4) is 0 Å². The molecule has 4 rings (SSSR count). The fraction of sp³-hybridized carbons (Fsp3) is 0.292. The molecule has 0 spiro atoms. The third-order valence-corrected chi connectivity index (χ3v) is 5.81. The van der Waals surface area contributed by atoms with Crippen LogP contribution in [0, 0.1) is 0 Å². The largest absolute Gasteiger partial charge is 0.459 e. The molecule has 3 heterocycles. The van der Waals surface area contributed by atoms with Crippen molar-refractivity contribution in [1.29, 1.82) is 0 Å². The minimum atomic E-state index is -1.01. The molecular formula is C24H25N3O4. The number of rotatable bonds is 6. The molecule has 0 aliphatic carbocycles. The molecule has 1 aliphatic heterocycles. The predicted molar refractivity (Wildman–Crippen MR) is 114 cm³/mol. The van der Waals surface area contributed by atoms with Crippen LogP contribution in [0.25, 0.3) is 0 Å². The van der Waals surface area contributed by atoms with E-state index in [1.54, 1.807) is 29.4 Å². The Bertz CT molecular complexity index is 1010. The second kappa shape index (κ2) is 9.14. The van der Waals surface area contributed by atoms with Crippen LogP contribution < -0.4 is 5.32 Å². The van der Waals surface area contributed by atoms with E-state index in [2.05, 4.69) is 10.3 Å². The first-order chi connectivity index (χ1) is 15.1. The number of nitrogens with zero attached hydrogens (tertiary/aromatic N) is 2. The predicted octanol–water partition coefficient (Wildman–Crippen LogP) is 2.53. The SMILES string of the molecule is O=C(N[C@]1(c2ccccc2)CCN(C(=O)CCc2cccnc2)C[C@H]1O)c1ccco1. The van der Waals surface area contributed by atoms with Crippen LogP contribution in [0.1, 0.15) is 34.5 Å². The van der Waals surface area contributed by atoms with Crippen molar-refractivity contribution in [1.82, 2.24) is 15.2 Å². The zero-order chi connectivity index (χ0) is 21.7. The Morgan fingerprint density at radius 2 is 2.00 bits per heavy atom. The van der Waals surface area contributed by atoms with Gasteiger partial charge in [0.05, 0.1) is 17.9 Å². The monoisotopic (exact) mass is 419 g/mol. The molecule has 0 bridgehead atoms. The summed E-state index contributed by atoms with van der Waals surface area (Å²) >= 11 is 0. The molecule has 0 saturated carbocycles. The van der Waals surface area contributed by atoms with Crippen molar-refractivity contribution in [3.05, 3.63) is 90.1 Å². The second-order valence-corrected chi connectivity index (χ2v) is 7.74. The summed E-state index contributed by atoms with van der Waals surface area (Å²) in [6.45, 7) is 0.565. The van der Waals surface area contributed by atoms with Crippen molar-refractivity contribution in [3.63, 3.8) is 0 Å². The fourth-order valence-electron chi connectivity index (χ4n) is 4.08. The summed E-state index contributed by atoms with van der Waals surface area (Å²) in [4.78, 5) is 31.3. The minimum Gasteiger partial charge on any atom is -0.459 e. The number of piperidine rings is 1. The fourth-order valence-corrected chi connectivity index (χ4v) is 4.08. The van der Waals surface area contributed by atoms with Gasteiger partial charge >= 0.3 is 0 Å². The Hall–Kier alpha value is -3.45. The number of aromatic nitrogens is 1. The number of pyridine rings is 1. The van der Waals surface area contributed by atoms with Gasteiger partial charge in [0.2, 0.25) is 5.91 Å². The van der Waals surface area contributed by atoms with Crippen LogP contribution in [0.4, 0.5) is 0 Å². The highest BCUT2D eigenvalue weighted by Crippen LogP contribution is 2.34. The van der Waals surface area contributed by atoms with Gasteiger partial charge in [-0.3, -0.25) is 14.6 Å². The third kappa shape index (κ3) is 4.51. The highest BCUT2D eigenvalue weighted by atomic mass is 16.3. The van der Waals surface area contributed by atoms with Crippen molar-refractivity contribution in [2.24, 2.45) is 0 Å². The molecule has 7 nitrogen and oxygen atoms in total. The van der Waals surface area contributed by atoms with Gasteiger partial charge in [0.15, 0.2) is 5.76 Å². The standard InChI is InChI=1S/C24H25N3O4/c28-21-17-27(22(29)11-10-18-6-4-13-25-16-18)14-12-24(21,19-7-2-1-3-8-19)26-23(30)20-9-5-15-31-20/h1-9,13,15-16,21,28H,10-12,14,17H2,(H,26,30)/t21-,24+/m1/s1. The molecule has 1 aliphatic rings. The lowest BCUT2D eigenvalue weighted by atomic mass is 9.78. The summed E-state index contributed by atoms with van der Waals surface area (Å²) in [5.41, 5.74) is 0.785. The van der Waals surface area contributed by atoms with Gasteiger partial charge in [0.25, 0.3) is 5.91 Å². The first kappa shape index (κ1) is 20.8. The number of hydrogen-bond acceptors (Lipinski definition) is 5. The molecule has 2 N–H and O–H groups in total. The Morgan fingerprint density at radius 1 is 1.16 bits per heavy atom. The zero-order valence-electron chi connectivity index (χ0n) is 17.1. The van der Waals surface area contributed by atoms with Gasteiger partial charge in [-0.2, -0.15) is 0 Å². The lowest BCUT2D eigenvalue weighted by Crippen LogP contribution is -2.62. The number of carbonyl (C=O) groups excluding carboxylic acids is 2.